The number of amides is 1. The number of benzene rings is 2. The van der Waals surface area contributed by atoms with Gasteiger partial charge in [0.05, 0.1) is 5.52 Å². The molecule has 4 aromatic rings. The van der Waals surface area contributed by atoms with Crippen molar-refractivity contribution in [2.24, 2.45) is 0 Å². The van der Waals surface area contributed by atoms with Crippen molar-refractivity contribution in [2.45, 2.75) is 6.42 Å². The van der Waals surface area contributed by atoms with Crippen LogP contribution in [0.4, 0.5) is 0 Å². The number of H-pyrrole nitrogens is 1. The first kappa shape index (κ1) is 17.3. The maximum absolute atomic E-state index is 12.5. The van der Waals surface area contributed by atoms with E-state index in [1.165, 1.54) is 0 Å². The van der Waals surface area contributed by atoms with Gasteiger partial charge in [0, 0.05) is 22.9 Å². The van der Waals surface area contributed by atoms with Gasteiger partial charge in [-0.05, 0) is 57.4 Å². The molecule has 0 spiro atoms. The summed E-state index contributed by atoms with van der Waals surface area (Å²) in [6, 6.07) is 15.4. The van der Waals surface area contributed by atoms with E-state index in [2.05, 4.69) is 20.4 Å². The number of carbonyl (C=O) groups is 1. The smallest absolute Gasteiger partial charge is 0.251 e. The molecule has 2 N–H and O–H groups in total. The van der Waals surface area contributed by atoms with E-state index in [1.807, 2.05) is 62.6 Å². The molecule has 0 bridgehead atoms. The number of para-hydroxylation sites is 1. The fraction of sp³-hybridized carbons (Fsp3) is 0.238. The third kappa shape index (κ3) is 3.57. The molecule has 0 radical (unpaired) electrons. The molecule has 4 rings (SSSR count). The van der Waals surface area contributed by atoms with Crippen LogP contribution in [0, 0.1) is 0 Å². The summed E-state index contributed by atoms with van der Waals surface area (Å²) in [6.45, 7) is 1.59. The zero-order valence-electron chi connectivity index (χ0n) is 15.5. The van der Waals surface area contributed by atoms with Crippen LogP contribution in [0.3, 0.4) is 0 Å². The van der Waals surface area contributed by atoms with Crippen molar-refractivity contribution < 1.29 is 9.21 Å². The summed E-state index contributed by atoms with van der Waals surface area (Å²) >= 11 is 0. The normalized spacial score (nSPS) is 11.5. The Hall–Kier alpha value is -3.12. The monoisotopic (exact) mass is 362 g/mol. The van der Waals surface area contributed by atoms with E-state index in [9.17, 15) is 4.79 Å². The number of nitrogens with zero attached hydrogens (tertiary/aromatic N) is 2. The summed E-state index contributed by atoms with van der Waals surface area (Å²) < 4.78 is 5.94. The predicted molar refractivity (Wildman–Crippen MR) is 107 cm³/mol. The van der Waals surface area contributed by atoms with Crippen molar-refractivity contribution in [3.8, 4) is 11.5 Å². The second-order valence-electron chi connectivity index (χ2n) is 6.89. The van der Waals surface area contributed by atoms with Crippen molar-refractivity contribution in [3.05, 3.63) is 54.1 Å². The summed E-state index contributed by atoms with van der Waals surface area (Å²) in [7, 11) is 4.04. The molecule has 27 heavy (non-hydrogen) atoms. The maximum atomic E-state index is 12.5. The first-order valence-corrected chi connectivity index (χ1v) is 9.02. The van der Waals surface area contributed by atoms with Crippen molar-refractivity contribution >= 4 is 27.8 Å². The summed E-state index contributed by atoms with van der Waals surface area (Å²) in [6.07, 6.45) is 0.914. The average Bonchev–Trinajstić information content (AvgIpc) is 3.27. The van der Waals surface area contributed by atoms with E-state index < -0.39 is 0 Å². The van der Waals surface area contributed by atoms with Gasteiger partial charge in [-0.2, -0.15) is 5.10 Å². The van der Waals surface area contributed by atoms with E-state index in [4.69, 9.17) is 4.42 Å². The molecule has 138 valence electrons. The van der Waals surface area contributed by atoms with Crippen LogP contribution in [0.5, 0.6) is 0 Å². The second kappa shape index (κ2) is 7.25. The number of rotatable bonds is 6. The van der Waals surface area contributed by atoms with E-state index >= 15 is 0 Å². The lowest BCUT2D eigenvalue weighted by molar-refractivity contribution is 0.0952. The topological polar surface area (TPSA) is 74.2 Å². The third-order valence-corrected chi connectivity index (χ3v) is 4.55. The molecule has 2 aromatic heterocycles. The quantitative estimate of drug-likeness (QED) is 0.513. The standard InChI is InChI=1S/C21H22N4O2/c1-25(2)11-5-10-22-21(26)15-8-9-17-16(12-15)20(24-23-17)19-13-14-6-3-4-7-18(14)27-19/h3-4,6-9,12-13H,5,10-11H2,1-2H3,(H,22,26)(H,23,24). The van der Waals surface area contributed by atoms with Gasteiger partial charge in [-0.25, -0.2) is 0 Å². The Morgan fingerprint density at radius 2 is 2.04 bits per heavy atom. The van der Waals surface area contributed by atoms with Crippen LogP contribution in [0.2, 0.25) is 0 Å². The molecular formula is C21H22N4O2. The van der Waals surface area contributed by atoms with E-state index in [0.29, 0.717) is 23.6 Å². The lowest BCUT2D eigenvalue weighted by Gasteiger charge is -2.10. The number of carbonyl (C=O) groups excluding carboxylic acids is 1. The first-order valence-electron chi connectivity index (χ1n) is 9.02. The minimum atomic E-state index is -0.0765. The Morgan fingerprint density at radius 3 is 2.85 bits per heavy atom. The van der Waals surface area contributed by atoms with Crippen LogP contribution in [-0.2, 0) is 0 Å². The predicted octanol–water partition coefficient (Wildman–Crippen LogP) is 3.66. The van der Waals surface area contributed by atoms with Crippen LogP contribution in [0.15, 0.2) is 52.9 Å². The van der Waals surface area contributed by atoms with Gasteiger partial charge in [0.2, 0.25) is 0 Å². The lowest BCUT2D eigenvalue weighted by atomic mass is 10.1. The molecule has 2 heterocycles. The molecule has 0 saturated heterocycles. The minimum absolute atomic E-state index is 0.0765. The molecule has 0 aliphatic carbocycles. The summed E-state index contributed by atoms with van der Waals surface area (Å²) in [5, 5.41) is 12.3. The minimum Gasteiger partial charge on any atom is -0.454 e. The van der Waals surface area contributed by atoms with Crippen LogP contribution in [-0.4, -0.2) is 48.2 Å². The molecular weight excluding hydrogens is 340 g/mol. The summed E-state index contributed by atoms with van der Waals surface area (Å²) in [5.41, 5.74) is 3.02. The first-order chi connectivity index (χ1) is 13.1. The van der Waals surface area contributed by atoms with Crippen LogP contribution >= 0.6 is 0 Å². The zero-order chi connectivity index (χ0) is 18.8. The Kier molecular flexibility index (Phi) is 4.64. The molecule has 2 aromatic carbocycles. The van der Waals surface area contributed by atoms with E-state index in [-0.39, 0.29) is 5.91 Å². The molecule has 0 aliphatic heterocycles. The second-order valence-corrected chi connectivity index (χ2v) is 6.89. The van der Waals surface area contributed by atoms with Crippen molar-refractivity contribution in [1.82, 2.24) is 20.4 Å². The van der Waals surface area contributed by atoms with Gasteiger partial charge in [0.1, 0.15) is 11.3 Å². The lowest BCUT2D eigenvalue weighted by Crippen LogP contribution is -2.27. The molecule has 0 unspecified atom stereocenters. The highest BCUT2D eigenvalue weighted by molar-refractivity contribution is 6.01. The molecule has 6 nitrogen and oxygen atoms in total. The average molecular weight is 362 g/mol. The van der Waals surface area contributed by atoms with Gasteiger partial charge in [0.15, 0.2) is 5.76 Å². The number of nitrogens with one attached hydrogen (secondary N) is 2. The number of aromatic nitrogens is 2. The third-order valence-electron chi connectivity index (χ3n) is 4.55. The van der Waals surface area contributed by atoms with Crippen LogP contribution in [0.1, 0.15) is 16.8 Å². The maximum Gasteiger partial charge on any atom is 0.251 e. The van der Waals surface area contributed by atoms with Crippen molar-refractivity contribution in [2.75, 3.05) is 27.2 Å². The van der Waals surface area contributed by atoms with E-state index in [0.717, 1.165) is 34.8 Å². The summed E-state index contributed by atoms with van der Waals surface area (Å²) in [4.78, 5) is 14.6. The highest BCUT2D eigenvalue weighted by Gasteiger charge is 2.15. The number of fused-ring (bicyclic) bond motifs is 2. The SMILES string of the molecule is CN(C)CCCNC(=O)c1ccc2[nH]nc(-c3cc4ccccc4o3)c2c1. The molecule has 0 saturated carbocycles. The van der Waals surface area contributed by atoms with Gasteiger partial charge in [-0.15, -0.1) is 0 Å². The fourth-order valence-electron chi connectivity index (χ4n) is 3.14. The number of aromatic amines is 1. The van der Waals surface area contributed by atoms with Gasteiger partial charge < -0.3 is 14.6 Å². The zero-order valence-corrected chi connectivity index (χ0v) is 15.5. The van der Waals surface area contributed by atoms with Gasteiger partial charge >= 0.3 is 0 Å². The van der Waals surface area contributed by atoms with Crippen molar-refractivity contribution in [1.29, 1.82) is 0 Å². The van der Waals surface area contributed by atoms with Gasteiger partial charge in [-0.1, -0.05) is 18.2 Å². The Morgan fingerprint density at radius 1 is 1.19 bits per heavy atom. The highest BCUT2D eigenvalue weighted by Crippen LogP contribution is 2.31. The molecule has 1 amide bonds. The molecule has 0 aliphatic rings. The molecule has 6 heteroatoms. The summed E-state index contributed by atoms with van der Waals surface area (Å²) in [5.74, 6) is 0.610. The molecule has 0 fully saturated rings. The number of hydrogen-bond acceptors (Lipinski definition) is 4. The van der Waals surface area contributed by atoms with Gasteiger partial charge in [0.25, 0.3) is 5.91 Å². The number of furan rings is 1. The van der Waals surface area contributed by atoms with Crippen molar-refractivity contribution in [3.63, 3.8) is 0 Å². The van der Waals surface area contributed by atoms with Crippen LogP contribution in [0.25, 0.3) is 33.3 Å². The largest absolute Gasteiger partial charge is 0.454 e. The number of hydrogen-bond donors (Lipinski definition) is 2. The highest BCUT2D eigenvalue weighted by atomic mass is 16.3. The van der Waals surface area contributed by atoms with E-state index in [1.54, 1.807) is 0 Å². The fourth-order valence-corrected chi connectivity index (χ4v) is 3.14. The Labute approximate surface area is 157 Å². The molecule has 0 atom stereocenters. The van der Waals surface area contributed by atoms with Gasteiger partial charge in [-0.3, -0.25) is 9.89 Å². The van der Waals surface area contributed by atoms with Crippen LogP contribution < -0.4 is 5.32 Å². The Balaban J connectivity index is 1.60. The Bertz CT molecular complexity index is 1060.